The molecule has 0 radical (unpaired) electrons. The van der Waals surface area contributed by atoms with Crippen LogP contribution in [0.3, 0.4) is 0 Å². The molecule has 2 aliphatic rings. The maximum absolute atomic E-state index is 12.6. The first kappa shape index (κ1) is 18.8. The van der Waals surface area contributed by atoms with E-state index in [1.165, 1.54) is 0 Å². The van der Waals surface area contributed by atoms with Crippen LogP contribution in [0.2, 0.25) is 5.02 Å². The van der Waals surface area contributed by atoms with Crippen molar-refractivity contribution in [3.8, 4) is 5.69 Å². The standard InChI is InChI=1S/C20H24ClN5O2/c21-17-13-16(3-4-18(17)26-12-7-22-14-26)23-19(27)15-5-10-25(11-6-15)20(28)24-8-1-2-9-24/h3-4,7,12-15H,1-2,5-6,8-11H2,(H,23,27). The molecule has 2 saturated heterocycles. The van der Waals surface area contributed by atoms with Crippen LogP contribution in [0.1, 0.15) is 25.7 Å². The number of carbonyl (C=O) groups excluding carboxylic acids is 2. The number of hydrogen-bond acceptors (Lipinski definition) is 3. The number of urea groups is 1. The fourth-order valence-electron chi connectivity index (χ4n) is 3.88. The van der Waals surface area contributed by atoms with Gasteiger partial charge in [-0.25, -0.2) is 9.78 Å². The molecule has 0 atom stereocenters. The van der Waals surface area contributed by atoms with Crippen molar-refractivity contribution < 1.29 is 9.59 Å². The summed E-state index contributed by atoms with van der Waals surface area (Å²) < 4.78 is 1.82. The van der Waals surface area contributed by atoms with E-state index in [-0.39, 0.29) is 17.9 Å². The van der Waals surface area contributed by atoms with Gasteiger partial charge in [0.1, 0.15) is 0 Å². The van der Waals surface area contributed by atoms with Gasteiger partial charge in [-0.05, 0) is 43.9 Å². The van der Waals surface area contributed by atoms with Crippen molar-refractivity contribution in [1.82, 2.24) is 19.4 Å². The van der Waals surface area contributed by atoms with Gasteiger partial charge in [-0.15, -0.1) is 0 Å². The number of piperidine rings is 1. The Morgan fingerprint density at radius 2 is 1.79 bits per heavy atom. The summed E-state index contributed by atoms with van der Waals surface area (Å²) in [6, 6.07) is 5.57. The van der Waals surface area contributed by atoms with Crippen molar-refractivity contribution in [1.29, 1.82) is 0 Å². The monoisotopic (exact) mass is 401 g/mol. The summed E-state index contributed by atoms with van der Waals surface area (Å²) in [5.74, 6) is -0.102. The van der Waals surface area contributed by atoms with E-state index in [0.717, 1.165) is 31.6 Å². The second-order valence-electron chi connectivity index (χ2n) is 7.36. The van der Waals surface area contributed by atoms with Gasteiger partial charge in [-0.3, -0.25) is 4.79 Å². The van der Waals surface area contributed by atoms with Crippen molar-refractivity contribution in [2.24, 2.45) is 5.92 Å². The molecule has 0 spiro atoms. The number of rotatable bonds is 3. The minimum Gasteiger partial charge on any atom is -0.326 e. The zero-order chi connectivity index (χ0) is 19.5. The third-order valence-electron chi connectivity index (χ3n) is 5.51. The Kier molecular flexibility index (Phi) is 5.52. The molecule has 7 nitrogen and oxygen atoms in total. The highest BCUT2D eigenvalue weighted by molar-refractivity contribution is 6.32. The second-order valence-corrected chi connectivity index (χ2v) is 7.77. The lowest BCUT2D eigenvalue weighted by Crippen LogP contribution is -2.47. The molecule has 2 aromatic rings. The first-order valence-corrected chi connectivity index (χ1v) is 10.1. The van der Waals surface area contributed by atoms with Crippen LogP contribution in [0, 0.1) is 5.92 Å². The van der Waals surface area contributed by atoms with E-state index < -0.39 is 0 Å². The van der Waals surface area contributed by atoms with Gasteiger partial charge in [-0.1, -0.05) is 11.6 Å². The van der Waals surface area contributed by atoms with Gasteiger partial charge in [0.05, 0.1) is 17.0 Å². The fourth-order valence-corrected chi connectivity index (χ4v) is 4.16. The second kappa shape index (κ2) is 8.22. The van der Waals surface area contributed by atoms with Gasteiger partial charge >= 0.3 is 6.03 Å². The summed E-state index contributed by atoms with van der Waals surface area (Å²) in [6.45, 7) is 2.98. The van der Waals surface area contributed by atoms with E-state index >= 15 is 0 Å². The van der Waals surface area contributed by atoms with Gasteiger partial charge < -0.3 is 19.7 Å². The average Bonchev–Trinajstić information content (AvgIpc) is 3.42. The van der Waals surface area contributed by atoms with Crippen LogP contribution in [0.25, 0.3) is 5.69 Å². The third kappa shape index (κ3) is 3.99. The third-order valence-corrected chi connectivity index (χ3v) is 5.81. The van der Waals surface area contributed by atoms with E-state index in [2.05, 4.69) is 10.3 Å². The lowest BCUT2D eigenvalue weighted by atomic mass is 9.96. The van der Waals surface area contributed by atoms with Gasteiger partial charge in [0.2, 0.25) is 5.91 Å². The van der Waals surface area contributed by atoms with Crippen molar-refractivity contribution in [3.05, 3.63) is 41.9 Å². The predicted molar refractivity (Wildman–Crippen MR) is 108 cm³/mol. The quantitative estimate of drug-likeness (QED) is 0.856. The minimum absolute atomic E-state index is 0.0141. The number of halogens is 1. The summed E-state index contributed by atoms with van der Waals surface area (Å²) >= 11 is 6.36. The first-order chi connectivity index (χ1) is 13.6. The van der Waals surface area contributed by atoms with E-state index in [9.17, 15) is 9.59 Å². The van der Waals surface area contributed by atoms with E-state index in [1.54, 1.807) is 18.6 Å². The number of amides is 3. The van der Waals surface area contributed by atoms with Gasteiger partial charge in [-0.2, -0.15) is 0 Å². The summed E-state index contributed by atoms with van der Waals surface area (Å²) in [5.41, 5.74) is 1.49. The van der Waals surface area contributed by atoms with Crippen molar-refractivity contribution in [2.75, 3.05) is 31.5 Å². The maximum Gasteiger partial charge on any atom is 0.319 e. The smallest absolute Gasteiger partial charge is 0.319 e. The Bertz CT molecular complexity index is 840. The number of hydrogen-bond donors (Lipinski definition) is 1. The molecule has 28 heavy (non-hydrogen) atoms. The number of anilines is 1. The number of nitrogens with zero attached hydrogens (tertiary/aromatic N) is 4. The predicted octanol–water partition coefficient (Wildman–Crippen LogP) is 3.39. The lowest BCUT2D eigenvalue weighted by Gasteiger charge is -2.34. The van der Waals surface area contributed by atoms with Gasteiger partial charge in [0, 0.05) is 50.2 Å². The van der Waals surface area contributed by atoms with Gasteiger partial charge in [0.25, 0.3) is 0 Å². The van der Waals surface area contributed by atoms with Crippen LogP contribution in [0.4, 0.5) is 10.5 Å². The van der Waals surface area contributed by atoms with Crippen LogP contribution in [-0.4, -0.2) is 57.5 Å². The molecular weight excluding hydrogens is 378 g/mol. The first-order valence-electron chi connectivity index (χ1n) is 9.74. The van der Waals surface area contributed by atoms with Crippen molar-refractivity contribution >= 4 is 29.2 Å². The average molecular weight is 402 g/mol. The Balaban J connectivity index is 1.32. The molecule has 1 N–H and O–H groups in total. The summed E-state index contributed by atoms with van der Waals surface area (Å²) in [6.07, 6.45) is 8.73. The Morgan fingerprint density at radius 3 is 2.43 bits per heavy atom. The highest BCUT2D eigenvalue weighted by Crippen LogP contribution is 2.26. The summed E-state index contributed by atoms with van der Waals surface area (Å²) in [4.78, 5) is 32.9. The normalized spacial score (nSPS) is 17.8. The van der Waals surface area contributed by atoms with Crippen LogP contribution < -0.4 is 5.32 Å². The Morgan fingerprint density at radius 1 is 1.07 bits per heavy atom. The number of carbonyl (C=O) groups is 2. The maximum atomic E-state index is 12.6. The van der Waals surface area contributed by atoms with Gasteiger partial charge in [0.15, 0.2) is 0 Å². The molecular formula is C20H24ClN5O2. The van der Waals surface area contributed by atoms with Crippen LogP contribution >= 0.6 is 11.6 Å². The number of aromatic nitrogens is 2. The molecule has 3 heterocycles. The van der Waals surface area contributed by atoms with Crippen LogP contribution in [0.5, 0.6) is 0 Å². The molecule has 1 aromatic heterocycles. The topological polar surface area (TPSA) is 70.5 Å². The van der Waals surface area contributed by atoms with E-state index in [1.807, 2.05) is 32.7 Å². The number of nitrogens with one attached hydrogen (secondary N) is 1. The summed E-state index contributed by atoms with van der Waals surface area (Å²) in [7, 11) is 0. The lowest BCUT2D eigenvalue weighted by molar-refractivity contribution is -0.121. The molecule has 148 valence electrons. The van der Waals surface area contributed by atoms with E-state index in [4.69, 9.17) is 11.6 Å². The highest BCUT2D eigenvalue weighted by Gasteiger charge is 2.30. The SMILES string of the molecule is O=C(Nc1ccc(-n2ccnc2)c(Cl)c1)C1CCN(C(=O)N2CCCC2)CC1. The van der Waals surface area contributed by atoms with Crippen molar-refractivity contribution in [2.45, 2.75) is 25.7 Å². The van der Waals surface area contributed by atoms with Crippen molar-refractivity contribution in [3.63, 3.8) is 0 Å². The number of imidazole rings is 1. The largest absolute Gasteiger partial charge is 0.326 e. The highest BCUT2D eigenvalue weighted by atomic mass is 35.5. The molecule has 4 rings (SSSR count). The Labute approximate surface area is 169 Å². The molecule has 0 saturated carbocycles. The Hall–Kier alpha value is -2.54. The molecule has 2 aliphatic heterocycles. The summed E-state index contributed by atoms with van der Waals surface area (Å²) in [5, 5.41) is 3.51. The van der Waals surface area contributed by atoms with Crippen LogP contribution in [-0.2, 0) is 4.79 Å². The molecule has 3 amide bonds. The zero-order valence-electron chi connectivity index (χ0n) is 15.7. The molecule has 8 heteroatoms. The molecule has 1 aromatic carbocycles. The zero-order valence-corrected chi connectivity index (χ0v) is 16.4. The molecule has 0 bridgehead atoms. The molecule has 2 fully saturated rings. The van der Waals surface area contributed by atoms with E-state index in [0.29, 0.717) is 36.6 Å². The fraction of sp³-hybridized carbons (Fsp3) is 0.450. The minimum atomic E-state index is -0.0882. The number of likely N-dealkylation sites (tertiary alicyclic amines) is 2. The van der Waals surface area contributed by atoms with Crippen LogP contribution in [0.15, 0.2) is 36.9 Å². The number of benzene rings is 1. The molecule has 0 aliphatic carbocycles. The molecule has 0 unspecified atom stereocenters.